The zero-order valence-corrected chi connectivity index (χ0v) is 8.14. The molecule has 0 radical (unpaired) electrons. The molecule has 12 heavy (non-hydrogen) atoms. The molecule has 0 aliphatic heterocycles. The molecule has 4 bridgehead atoms. The van der Waals surface area contributed by atoms with Crippen LogP contribution in [0, 0.1) is 23.2 Å². The van der Waals surface area contributed by atoms with E-state index in [0.29, 0.717) is 0 Å². The Bertz CT molecular complexity index is 213. The summed E-state index contributed by atoms with van der Waals surface area (Å²) < 4.78 is 0. The van der Waals surface area contributed by atoms with Gasteiger partial charge in [-0.2, -0.15) is 0 Å². The minimum atomic E-state index is 0.845. The zero-order chi connectivity index (χ0) is 8.34. The molecule has 0 aromatic heterocycles. The average molecular weight is 165 g/mol. The largest absolute Gasteiger partial charge is 0.314 e. The van der Waals surface area contributed by atoms with Crippen molar-refractivity contribution >= 4 is 0 Å². The lowest BCUT2D eigenvalue weighted by Crippen LogP contribution is -2.32. The van der Waals surface area contributed by atoms with Crippen molar-refractivity contribution in [2.24, 2.45) is 23.2 Å². The van der Waals surface area contributed by atoms with Crippen molar-refractivity contribution < 1.29 is 0 Å². The Kier molecular flexibility index (Phi) is 1.27. The Morgan fingerprint density at radius 1 is 1.42 bits per heavy atom. The molecular formula is C11H19N. The van der Waals surface area contributed by atoms with E-state index in [-0.39, 0.29) is 0 Å². The lowest BCUT2D eigenvalue weighted by Gasteiger charge is -2.14. The average Bonchev–Trinajstić information content (AvgIpc) is 2.49. The van der Waals surface area contributed by atoms with E-state index >= 15 is 0 Å². The smallest absolute Gasteiger partial charge is 0.0132 e. The van der Waals surface area contributed by atoms with E-state index in [2.05, 4.69) is 19.2 Å². The van der Waals surface area contributed by atoms with Gasteiger partial charge in [0.15, 0.2) is 0 Å². The minimum absolute atomic E-state index is 0.845. The van der Waals surface area contributed by atoms with Crippen LogP contribution in [0.3, 0.4) is 0 Å². The molecule has 4 aliphatic carbocycles. The summed E-state index contributed by atoms with van der Waals surface area (Å²) in [5.41, 5.74) is 0.845. The molecular weight excluding hydrogens is 146 g/mol. The number of rotatable bonds is 3. The van der Waals surface area contributed by atoms with E-state index in [1.54, 1.807) is 12.8 Å². The van der Waals surface area contributed by atoms with Gasteiger partial charge in [-0.3, -0.25) is 0 Å². The lowest BCUT2D eigenvalue weighted by atomic mass is 10.0. The third kappa shape index (κ3) is 0.585. The molecule has 0 unspecified atom stereocenters. The summed E-state index contributed by atoms with van der Waals surface area (Å²) in [6, 6.07) is 0.917. The lowest BCUT2D eigenvalue weighted by molar-refractivity contribution is 0.430. The SMILES string of the molecule is CCN[C@@H]1[C@@H]2C[C@@H]3[C@H]1[C@]3(CC)C2. The maximum atomic E-state index is 3.69. The molecule has 4 aliphatic rings. The third-order valence-electron chi connectivity index (χ3n) is 4.92. The maximum Gasteiger partial charge on any atom is 0.0132 e. The Morgan fingerprint density at radius 3 is 2.75 bits per heavy atom. The summed E-state index contributed by atoms with van der Waals surface area (Å²) >= 11 is 0. The first-order chi connectivity index (χ1) is 5.83. The molecule has 1 N–H and O–H groups in total. The van der Waals surface area contributed by atoms with E-state index in [1.165, 1.54) is 13.0 Å². The van der Waals surface area contributed by atoms with E-state index in [0.717, 1.165) is 29.2 Å². The van der Waals surface area contributed by atoms with Crippen molar-refractivity contribution in [3.8, 4) is 0 Å². The van der Waals surface area contributed by atoms with Gasteiger partial charge in [0.25, 0.3) is 0 Å². The molecule has 4 rings (SSSR count). The highest BCUT2D eigenvalue weighted by Gasteiger charge is 2.77. The highest BCUT2D eigenvalue weighted by Crippen LogP contribution is 2.80. The third-order valence-corrected chi connectivity index (χ3v) is 4.92. The predicted molar refractivity (Wildman–Crippen MR) is 49.9 cm³/mol. The van der Waals surface area contributed by atoms with Crippen LogP contribution < -0.4 is 5.32 Å². The van der Waals surface area contributed by atoms with Crippen LogP contribution in [-0.4, -0.2) is 12.6 Å². The Morgan fingerprint density at radius 2 is 2.25 bits per heavy atom. The minimum Gasteiger partial charge on any atom is -0.314 e. The highest BCUT2D eigenvalue weighted by molar-refractivity contribution is 5.27. The zero-order valence-electron chi connectivity index (χ0n) is 8.14. The molecule has 0 aromatic carbocycles. The van der Waals surface area contributed by atoms with Crippen LogP contribution in [0.5, 0.6) is 0 Å². The van der Waals surface area contributed by atoms with Crippen molar-refractivity contribution in [2.75, 3.05) is 6.54 Å². The van der Waals surface area contributed by atoms with E-state index < -0.39 is 0 Å². The standard InChI is InChI=1S/C11H19N/c1-3-11-6-7-5-8(11)9(11)10(7)12-4-2/h7-10,12H,3-6H2,1-2H3/t7-,8-,9-,10-,11-/m1/s1. The van der Waals surface area contributed by atoms with Crippen molar-refractivity contribution in [3.63, 3.8) is 0 Å². The summed E-state index contributed by atoms with van der Waals surface area (Å²) in [5, 5.41) is 3.69. The normalized spacial score (nSPS) is 59.5. The molecule has 4 saturated carbocycles. The first kappa shape index (κ1) is 7.37. The molecule has 0 saturated heterocycles. The van der Waals surface area contributed by atoms with Gasteiger partial charge in [-0.15, -0.1) is 0 Å². The van der Waals surface area contributed by atoms with Crippen LogP contribution in [0.4, 0.5) is 0 Å². The molecule has 0 spiro atoms. The van der Waals surface area contributed by atoms with Gasteiger partial charge in [0, 0.05) is 6.04 Å². The van der Waals surface area contributed by atoms with Crippen LogP contribution in [0.2, 0.25) is 0 Å². The number of nitrogens with one attached hydrogen (secondary N) is 1. The van der Waals surface area contributed by atoms with Crippen molar-refractivity contribution in [3.05, 3.63) is 0 Å². The van der Waals surface area contributed by atoms with Gasteiger partial charge in [0.05, 0.1) is 0 Å². The second kappa shape index (κ2) is 2.06. The highest BCUT2D eigenvalue weighted by atomic mass is 15.0. The monoisotopic (exact) mass is 165 g/mol. The topological polar surface area (TPSA) is 12.0 Å². The Labute approximate surface area is 74.9 Å². The first-order valence-electron chi connectivity index (χ1n) is 5.57. The molecule has 1 heteroatoms. The van der Waals surface area contributed by atoms with Crippen LogP contribution in [0.15, 0.2) is 0 Å². The molecule has 4 fully saturated rings. The van der Waals surface area contributed by atoms with Gasteiger partial charge in [-0.1, -0.05) is 13.8 Å². The fourth-order valence-corrected chi connectivity index (χ4v) is 4.52. The van der Waals surface area contributed by atoms with Gasteiger partial charge in [0.2, 0.25) is 0 Å². The Hall–Kier alpha value is -0.0400. The molecule has 0 amide bonds. The van der Waals surface area contributed by atoms with Crippen molar-refractivity contribution in [2.45, 2.75) is 39.2 Å². The Balaban J connectivity index is 1.81. The molecule has 1 nitrogen and oxygen atoms in total. The van der Waals surface area contributed by atoms with Gasteiger partial charge in [0.1, 0.15) is 0 Å². The fraction of sp³-hybridized carbons (Fsp3) is 1.00. The number of hydrogen-bond donors (Lipinski definition) is 1. The summed E-state index contributed by atoms with van der Waals surface area (Å²) in [5.74, 6) is 3.28. The summed E-state index contributed by atoms with van der Waals surface area (Å²) in [7, 11) is 0. The van der Waals surface area contributed by atoms with Gasteiger partial charge >= 0.3 is 0 Å². The summed E-state index contributed by atoms with van der Waals surface area (Å²) in [6.07, 6.45) is 4.55. The van der Waals surface area contributed by atoms with Crippen molar-refractivity contribution in [1.29, 1.82) is 0 Å². The quantitative estimate of drug-likeness (QED) is 0.674. The van der Waals surface area contributed by atoms with E-state index in [9.17, 15) is 0 Å². The van der Waals surface area contributed by atoms with E-state index in [1.807, 2.05) is 0 Å². The second-order valence-electron chi connectivity index (χ2n) is 5.00. The second-order valence-corrected chi connectivity index (χ2v) is 5.00. The van der Waals surface area contributed by atoms with Crippen LogP contribution in [-0.2, 0) is 0 Å². The number of hydrogen-bond acceptors (Lipinski definition) is 1. The van der Waals surface area contributed by atoms with Crippen LogP contribution in [0.1, 0.15) is 33.1 Å². The molecule has 68 valence electrons. The first-order valence-corrected chi connectivity index (χ1v) is 5.57. The van der Waals surface area contributed by atoms with Gasteiger partial charge in [-0.25, -0.2) is 0 Å². The molecule has 0 aromatic rings. The van der Waals surface area contributed by atoms with Gasteiger partial charge in [-0.05, 0) is 49.0 Å². The van der Waals surface area contributed by atoms with Gasteiger partial charge < -0.3 is 5.32 Å². The fourth-order valence-electron chi connectivity index (χ4n) is 4.52. The summed E-state index contributed by atoms with van der Waals surface area (Å²) in [6.45, 7) is 5.81. The summed E-state index contributed by atoms with van der Waals surface area (Å²) in [4.78, 5) is 0. The van der Waals surface area contributed by atoms with Crippen LogP contribution in [0.25, 0.3) is 0 Å². The van der Waals surface area contributed by atoms with Crippen molar-refractivity contribution in [1.82, 2.24) is 5.32 Å². The van der Waals surface area contributed by atoms with Crippen LogP contribution >= 0.6 is 0 Å². The molecule has 0 heterocycles. The van der Waals surface area contributed by atoms with E-state index in [4.69, 9.17) is 0 Å². The molecule has 5 atom stereocenters. The predicted octanol–water partition coefficient (Wildman–Crippen LogP) is 2.03. The maximum absolute atomic E-state index is 3.69.